The number of nitrogens with one attached hydrogen (secondary N) is 1. The lowest BCUT2D eigenvalue weighted by molar-refractivity contribution is -0.121. The van der Waals surface area contributed by atoms with E-state index in [1.807, 2.05) is 18.2 Å². The Kier molecular flexibility index (Phi) is 7.20. The summed E-state index contributed by atoms with van der Waals surface area (Å²) in [6.45, 7) is 2.11. The Labute approximate surface area is 195 Å². The summed E-state index contributed by atoms with van der Waals surface area (Å²) < 4.78 is 5.17. The second-order valence-electron chi connectivity index (χ2n) is 9.35. The van der Waals surface area contributed by atoms with Gasteiger partial charge in [0.25, 0.3) is 0 Å². The largest absolute Gasteiger partial charge is 0.495 e. The average Bonchev–Trinajstić information content (AvgIpc) is 2.94. The highest BCUT2D eigenvalue weighted by Crippen LogP contribution is 2.37. The average molecular weight is 454 g/mol. The molecule has 1 fully saturated rings. The maximum absolute atomic E-state index is 13.2. The van der Waals surface area contributed by atoms with Crippen molar-refractivity contribution in [3.63, 3.8) is 0 Å². The van der Waals surface area contributed by atoms with Gasteiger partial charge in [0.1, 0.15) is 5.75 Å². The van der Waals surface area contributed by atoms with Crippen molar-refractivity contribution < 1.29 is 14.3 Å². The van der Waals surface area contributed by atoms with Crippen LogP contribution in [0.3, 0.4) is 0 Å². The molecule has 1 amide bonds. The molecule has 2 aromatic rings. The molecule has 0 aliphatic heterocycles. The van der Waals surface area contributed by atoms with Crippen molar-refractivity contribution in [2.75, 3.05) is 12.4 Å². The fraction of sp³-hybridized carbons (Fsp3) is 0.481. The van der Waals surface area contributed by atoms with Crippen molar-refractivity contribution in [1.29, 1.82) is 0 Å². The maximum Gasteiger partial charge on any atom is 0.227 e. The van der Waals surface area contributed by atoms with Crippen LogP contribution in [0.25, 0.3) is 0 Å². The van der Waals surface area contributed by atoms with E-state index in [-0.39, 0.29) is 17.7 Å². The number of Topliss-reactive ketones (excluding diaryl/α,β-unsaturated/α-hetero) is 1. The minimum absolute atomic E-state index is 0.0142. The molecule has 1 unspecified atom stereocenters. The van der Waals surface area contributed by atoms with E-state index in [1.54, 1.807) is 19.2 Å². The zero-order valence-corrected chi connectivity index (χ0v) is 19.7. The van der Waals surface area contributed by atoms with Crippen LogP contribution in [-0.2, 0) is 11.2 Å². The van der Waals surface area contributed by atoms with Crippen LogP contribution >= 0.6 is 11.6 Å². The number of rotatable bonds is 5. The van der Waals surface area contributed by atoms with Crippen LogP contribution in [0.5, 0.6) is 5.75 Å². The molecule has 170 valence electrons. The fourth-order valence-corrected chi connectivity index (χ4v) is 5.67. The number of amides is 1. The van der Waals surface area contributed by atoms with Crippen LogP contribution in [-0.4, -0.2) is 18.8 Å². The number of hydrogen-bond donors (Lipinski definition) is 1. The molecule has 1 saturated carbocycles. The van der Waals surface area contributed by atoms with Crippen LogP contribution in [0.2, 0.25) is 5.02 Å². The number of aryl methyl sites for hydroxylation is 1. The smallest absolute Gasteiger partial charge is 0.227 e. The fourth-order valence-electron chi connectivity index (χ4n) is 5.42. The Morgan fingerprint density at radius 2 is 1.91 bits per heavy atom. The van der Waals surface area contributed by atoms with E-state index in [0.717, 1.165) is 56.9 Å². The van der Waals surface area contributed by atoms with Crippen LogP contribution in [0.1, 0.15) is 66.4 Å². The van der Waals surface area contributed by atoms with Gasteiger partial charge >= 0.3 is 0 Å². The van der Waals surface area contributed by atoms with E-state index in [4.69, 9.17) is 16.3 Å². The first-order valence-corrected chi connectivity index (χ1v) is 12.1. The van der Waals surface area contributed by atoms with Gasteiger partial charge in [-0.1, -0.05) is 29.8 Å². The third kappa shape index (κ3) is 5.01. The molecule has 5 heteroatoms. The summed E-state index contributed by atoms with van der Waals surface area (Å²) in [6, 6.07) is 11.4. The molecule has 1 atom stereocenters. The van der Waals surface area contributed by atoms with Crippen molar-refractivity contribution in [1.82, 2.24) is 0 Å². The summed E-state index contributed by atoms with van der Waals surface area (Å²) in [6.07, 6.45) is 7.77. The Balaban J connectivity index is 1.31. The normalized spacial score (nSPS) is 23.2. The second-order valence-corrected chi connectivity index (χ2v) is 9.75. The Bertz CT molecular complexity index is 994. The Hall–Kier alpha value is -2.33. The molecule has 1 N–H and O–H groups in total. The molecule has 2 aliphatic carbocycles. The van der Waals surface area contributed by atoms with Crippen LogP contribution in [0, 0.1) is 24.7 Å². The number of halogens is 1. The van der Waals surface area contributed by atoms with E-state index in [2.05, 4.69) is 18.3 Å². The number of hydrogen-bond acceptors (Lipinski definition) is 3. The number of methoxy groups -OCH3 is 1. The number of ketones is 1. The quantitative estimate of drug-likeness (QED) is 0.517. The molecule has 2 aliphatic rings. The summed E-state index contributed by atoms with van der Waals surface area (Å²) in [5.41, 5.74) is 4.12. The molecule has 0 radical (unpaired) electrons. The Morgan fingerprint density at radius 3 is 2.62 bits per heavy atom. The van der Waals surface area contributed by atoms with Gasteiger partial charge in [-0.15, -0.1) is 0 Å². The van der Waals surface area contributed by atoms with Crippen LogP contribution in [0.4, 0.5) is 5.69 Å². The second kappa shape index (κ2) is 10.1. The molecule has 0 heterocycles. The van der Waals surface area contributed by atoms with Crippen molar-refractivity contribution in [2.24, 2.45) is 17.8 Å². The highest BCUT2D eigenvalue weighted by molar-refractivity contribution is 6.32. The molecule has 4 nitrogen and oxygen atoms in total. The lowest BCUT2D eigenvalue weighted by atomic mass is 9.76. The minimum atomic E-state index is 0.0142. The zero-order valence-electron chi connectivity index (χ0n) is 19.0. The number of anilines is 1. The summed E-state index contributed by atoms with van der Waals surface area (Å²) in [7, 11) is 1.57. The van der Waals surface area contributed by atoms with Gasteiger partial charge in [0.15, 0.2) is 5.78 Å². The monoisotopic (exact) mass is 453 g/mol. The Morgan fingerprint density at radius 1 is 1.12 bits per heavy atom. The molecular formula is C27H32ClNO3. The molecule has 0 bridgehead atoms. The molecule has 2 aromatic carbocycles. The van der Waals surface area contributed by atoms with Gasteiger partial charge in [-0.3, -0.25) is 9.59 Å². The van der Waals surface area contributed by atoms with E-state index in [0.29, 0.717) is 28.2 Å². The third-order valence-corrected chi connectivity index (χ3v) is 7.58. The molecule has 32 heavy (non-hydrogen) atoms. The van der Waals surface area contributed by atoms with Gasteiger partial charge in [-0.05, 0) is 93.5 Å². The minimum Gasteiger partial charge on any atom is -0.495 e. The van der Waals surface area contributed by atoms with Crippen molar-refractivity contribution in [3.05, 3.63) is 58.1 Å². The maximum atomic E-state index is 13.2. The summed E-state index contributed by atoms with van der Waals surface area (Å²) >= 11 is 6.17. The van der Waals surface area contributed by atoms with Gasteiger partial charge in [-0.25, -0.2) is 0 Å². The zero-order chi connectivity index (χ0) is 22.7. The van der Waals surface area contributed by atoms with Gasteiger partial charge in [0.2, 0.25) is 5.91 Å². The molecule has 0 saturated heterocycles. The van der Waals surface area contributed by atoms with E-state index >= 15 is 0 Å². The van der Waals surface area contributed by atoms with Gasteiger partial charge in [0, 0.05) is 23.1 Å². The number of benzene rings is 2. The van der Waals surface area contributed by atoms with Gasteiger partial charge in [-0.2, -0.15) is 0 Å². The SMILES string of the molecule is COc1ccc(NC(=O)C2CCC(CC3CCCc4c(C)cccc4C3=O)CC2)cc1Cl. The molecule has 4 rings (SSSR count). The lowest BCUT2D eigenvalue weighted by Crippen LogP contribution is -2.28. The van der Waals surface area contributed by atoms with Crippen molar-refractivity contribution in [3.8, 4) is 5.75 Å². The number of ether oxygens (including phenoxy) is 1. The first kappa shape index (κ1) is 22.8. The summed E-state index contributed by atoms with van der Waals surface area (Å²) in [5, 5.41) is 3.48. The predicted octanol–water partition coefficient (Wildman–Crippen LogP) is 6.63. The lowest BCUT2D eigenvalue weighted by Gasteiger charge is -2.30. The van der Waals surface area contributed by atoms with Crippen molar-refractivity contribution >= 4 is 29.0 Å². The first-order chi connectivity index (χ1) is 15.5. The standard InChI is InChI=1S/C27H32ClNO3/c1-17-5-3-8-23-22(17)7-4-6-20(26(23)30)15-18-9-11-19(12-10-18)27(31)29-21-13-14-25(32-2)24(28)16-21/h3,5,8,13-14,16,18-20H,4,6-7,9-12,15H2,1-2H3,(H,29,31). The topological polar surface area (TPSA) is 55.4 Å². The number of carbonyl (C=O) groups is 2. The summed E-state index contributed by atoms with van der Waals surface area (Å²) in [5.74, 6) is 1.64. The number of fused-ring (bicyclic) bond motifs is 1. The van der Waals surface area contributed by atoms with Crippen LogP contribution in [0.15, 0.2) is 36.4 Å². The van der Waals surface area contributed by atoms with E-state index in [1.165, 1.54) is 11.1 Å². The predicted molar refractivity (Wildman–Crippen MR) is 129 cm³/mol. The highest BCUT2D eigenvalue weighted by atomic mass is 35.5. The highest BCUT2D eigenvalue weighted by Gasteiger charge is 2.32. The number of carbonyl (C=O) groups excluding carboxylic acids is 2. The van der Waals surface area contributed by atoms with Crippen molar-refractivity contribution in [2.45, 2.75) is 58.3 Å². The summed E-state index contributed by atoms with van der Waals surface area (Å²) in [4.78, 5) is 26.0. The van der Waals surface area contributed by atoms with Gasteiger partial charge in [0.05, 0.1) is 12.1 Å². The first-order valence-electron chi connectivity index (χ1n) is 11.7. The molecule has 0 spiro atoms. The molecule has 0 aromatic heterocycles. The van der Waals surface area contributed by atoms with Gasteiger partial charge < -0.3 is 10.1 Å². The molecular weight excluding hydrogens is 422 g/mol. The van der Waals surface area contributed by atoms with E-state index < -0.39 is 0 Å². The third-order valence-electron chi connectivity index (χ3n) is 7.28. The van der Waals surface area contributed by atoms with Crippen LogP contribution < -0.4 is 10.1 Å². The van der Waals surface area contributed by atoms with E-state index in [9.17, 15) is 9.59 Å².